The van der Waals surface area contributed by atoms with E-state index in [1.54, 1.807) is 23.8 Å². The maximum Gasteiger partial charge on any atom is 0.126 e. The fourth-order valence-corrected chi connectivity index (χ4v) is 6.28. The molecule has 0 aromatic heterocycles. The Balaban J connectivity index is 1.73. The Labute approximate surface area is 146 Å². The highest BCUT2D eigenvalue weighted by atomic mass is 16.5. The minimum atomic E-state index is 0.471. The molecule has 0 N–H and O–H groups in total. The Morgan fingerprint density at radius 1 is 1.21 bits per heavy atom. The first kappa shape index (κ1) is 16.0. The summed E-state index contributed by atoms with van der Waals surface area (Å²) in [6, 6.07) is 4.66. The van der Waals surface area contributed by atoms with E-state index in [4.69, 9.17) is 4.74 Å². The molecule has 1 nitrogen and oxygen atoms in total. The van der Waals surface area contributed by atoms with E-state index < -0.39 is 0 Å². The van der Waals surface area contributed by atoms with Crippen LogP contribution < -0.4 is 4.74 Å². The second kappa shape index (κ2) is 5.79. The van der Waals surface area contributed by atoms with Crippen LogP contribution in [0.2, 0.25) is 0 Å². The van der Waals surface area contributed by atoms with E-state index in [0.29, 0.717) is 5.41 Å². The number of hydrogen-bond acceptors (Lipinski definition) is 1. The number of benzene rings is 1. The van der Waals surface area contributed by atoms with Crippen LogP contribution in [0.3, 0.4) is 0 Å². The molecule has 4 rings (SSSR count). The molecule has 0 bridgehead atoms. The number of allylic oxidation sites excluding steroid dienone is 2. The van der Waals surface area contributed by atoms with Gasteiger partial charge in [0, 0.05) is 5.56 Å². The van der Waals surface area contributed by atoms with Gasteiger partial charge in [-0.15, -0.1) is 0 Å². The normalized spacial score (nSPS) is 36.0. The molecule has 0 spiro atoms. The van der Waals surface area contributed by atoms with E-state index in [0.717, 1.165) is 29.1 Å². The van der Waals surface area contributed by atoms with Gasteiger partial charge < -0.3 is 4.74 Å². The molecule has 3 unspecified atom stereocenters. The van der Waals surface area contributed by atoms with Gasteiger partial charge in [-0.05, 0) is 91.9 Å². The standard InChI is InChI=1S/C23H30O/c1-5-15-13-16-7-9-19-18(20(16)14-22(15)24-4)11-12-23(3)17(6-2)8-10-21(19)23/h5-6,13-14,18-19,21H,1,7-12H2,2-4H3/t18?,19?,21?,23-/m1/s1. The van der Waals surface area contributed by atoms with Crippen LogP contribution >= 0.6 is 0 Å². The lowest BCUT2D eigenvalue weighted by Gasteiger charge is -2.49. The number of hydrogen-bond donors (Lipinski definition) is 0. The third-order valence-electron chi connectivity index (χ3n) is 7.49. The fraction of sp³-hybridized carbons (Fsp3) is 0.565. The van der Waals surface area contributed by atoms with Crippen molar-refractivity contribution in [2.45, 2.75) is 58.3 Å². The second-order valence-electron chi connectivity index (χ2n) is 8.22. The Morgan fingerprint density at radius 2 is 2.04 bits per heavy atom. The zero-order valence-electron chi connectivity index (χ0n) is 15.4. The molecular weight excluding hydrogens is 292 g/mol. The minimum absolute atomic E-state index is 0.471. The first-order valence-corrected chi connectivity index (χ1v) is 9.61. The lowest BCUT2D eigenvalue weighted by molar-refractivity contribution is 0.0812. The van der Waals surface area contributed by atoms with E-state index >= 15 is 0 Å². The number of rotatable bonds is 2. The Bertz CT molecular complexity index is 698. The fourth-order valence-electron chi connectivity index (χ4n) is 6.28. The van der Waals surface area contributed by atoms with E-state index in [9.17, 15) is 0 Å². The summed E-state index contributed by atoms with van der Waals surface area (Å²) in [6.07, 6.45) is 12.3. The topological polar surface area (TPSA) is 9.23 Å². The lowest BCUT2D eigenvalue weighted by Crippen LogP contribution is -2.40. The van der Waals surface area contributed by atoms with E-state index in [-0.39, 0.29) is 0 Å². The van der Waals surface area contributed by atoms with Crippen LogP contribution in [0.25, 0.3) is 6.08 Å². The SMILES string of the molecule is C=Cc1cc2c(cc1OC)C1CC[C@]3(C)C(=CC)CCC3C1CC2. The van der Waals surface area contributed by atoms with Crippen molar-refractivity contribution in [1.29, 1.82) is 0 Å². The highest BCUT2D eigenvalue weighted by Gasteiger charge is 2.52. The molecule has 0 radical (unpaired) electrons. The molecule has 128 valence electrons. The maximum atomic E-state index is 5.64. The van der Waals surface area contributed by atoms with Gasteiger partial charge in [0.2, 0.25) is 0 Å². The average Bonchev–Trinajstić information content (AvgIpc) is 2.96. The Hall–Kier alpha value is -1.50. The summed E-state index contributed by atoms with van der Waals surface area (Å²) in [7, 11) is 1.78. The third-order valence-corrected chi connectivity index (χ3v) is 7.49. The lowest BCUT2D eigenvalue weighted by atomic mass is 9.55. The summed E-state index contributed by atoms with van der Waals surface area (Å²) in [5.41, 5.74) is 6.46. The summed E-state index contributed by atoms with van der Waals surface area (Å²) in [5, 5.41) is 0. The maximum absolute atomic E-state index is 5.64. The van der Waals surface area contributed by atoms with Crippen molar-refractivity contribution in [1.82, 2.24) is 0 Å². The first-order chi connectivity index (χ1) is 11.6. The van der Waals surface area contributed by atoms with E-state index in [1.807, 2.05) is 6.08 Å². The average molecular weight is 322 g/mol. The highest BCUT2D eigenvalue weighted by Crippen LogP contribution is 2.62. The van der Waals surface area contributed by atoms with Crippen molar-refractivity contribution in [2.24, 2.45) is 17.3 Å². The van der Waals surface area contributed by atoms with E-state index in [1.165, 1.54) is 38.5 Å². The molecule has 4 atom stereocenters. The van der Waals surface area contributed by atoms with E-state index in [2.05, 4.69) is 38.6 Å². The van der Waals surface area contributed by atoms with Gasteiger partial charge in [-0.1, -0.05) is 31.2 Å². The molecule has 0 saturated heterocycles. The number of ether oxygens (including phenoxy) is 1. The quantitative estimate of drug-likeness (QED) is 0.594. The molecule has 3 aliphatic rings. The van der Waals surface area contributed by atoms with Gasteiger partial charge in [-0.3, -0.25) is 0 Å². The van der Waals surface area contributed by atoms with Crippen molar-refractivity contribution in [3.8, 4) is 5.75 Å². The summed E-state index contributed by atoms with van der Waals surface area (Å²) < 4.78 is 5.64. The van der Waals surface area contributed by atoms with Crippen LogP contribution in [0.1, 0.15) is 68.6 Å². The zero-order valence-corrected chi connectivity index (χ0v) is 15.4. The molecule has 0 amide bonds. The number of fused-ring (bicyclic) bond motifs is 5. The van der Waals surface area contributed by atoms with Crippen molar-refractivity contribution in [3.05, 3.63) is 47.1 Å². The number of aryl methyl sites for hydroxylation is 1. The molecule has 1 aromatic carbocycles. The molecule has 0 heterocycles. The Kier molecular flexibility index (Phi) is 3.86. The van der Waals surface area contributed by atoms with Crippen molar-refractivity contribution in [3.63, 3.8) is 0 Å². The van der Waals surface area contributed by atoms with Gasteiger partial charge in [0.1, 0.15) is 5.75 Å². The third kappa shape index (κ3) is 2.13. The minimum Gasteiger partial charge on any atom is -0.496 e. The van der Waals surface area contributed by atoms with Crippen molar-refractivity contribution >= 4 is 6.08 Å². The van der Waals surface area contributed by atoms with Crippen LogP contribution in [-0.4, -0.2) is 7.11 Å². The van der Waals surface area contributed by atoms with Gasteiger partial charge in [-0.2, -0.15) is 0 Å². The Morgan fingerprint density at radius 3 is 2.75 bits per heavy atom. The van der Waals surface area contributed by atoms with Gasteiger partial charge in [0.15, 0.2) is 0 Å². The molecule has 1 aromatic rings. The largest absolute Gasteiger partial charge is 0.496 e. The molecule has 0 aliphatic heterocycles. The molecule has 1 heteroatoms. The van der Waals surface area contributed by atoms with Gasteiger partial charge in [-0.25, -0.2) is 0 Å². The predicted octanol–water partition coefficient (Wildman–Crippen LogP) is 6.14. The monoisotopic (exact) mass is 322 g/mol. The van der Waals surface area contributed by atoms with Crippen LogP contribution in [0.4, 0.5) is 0 Å². The summed E-state index contributed by atoms with van der Waals surface area (Å²) >= 11 is 0. The van der Waals surface area contributed by atoms with Crippen LogP contribution in [0.5, 0.6) is 5.75 Å². The van der Waals surface area contributed by atoms with Crippen LogP contribution in [-0.2, 0) is 6.42 Å². The second-order valence-corrected chi connectivity index (χ2v) is 8.22. The van der Waals surface area contributed by atoms with Gasteiger partial charge in [0.05, 0.1) is 7.11 Å². The summed E-state index contributed by atoms with van der Waals surface area (Å²) in [5.74, 6) is 3.46. The summed E-state index contributed by atoms with van der Waals surface area (Å²) in [4.78, 5) is 0. The zero-order chi connectivity index (χ0) is 16.9. The number of methoxy groups -OCH3 is 1. The van der Waals surface area contributed by atoms with Crippen molar-refractivity contribution < 1.29 is 4.74 Å². The van der Waals surface area contributed by atoms with Crippen LogP contribution in [0, 0.1) is 17.3 Å². The molecular formula is C23H30O. The molecule has 24 heavy (non-hydrogen) atoms. The molecule has 2 saturated carbocycles. The molecule has 2 fully saturated rings. The van der Waals surface area contributed by atoms with Gasteiger partial charge >= 0.3 is 0 Å². The first-order valence-electron chi connectivity index (χ1n) is 9.61. The summed E-state index contributed by atoms with van der Waals surface area (Å²) in [6.45, 7) is 8.75. The smallest absolute Gasteiger partial charge is 0.126 e. The van der Waals surface area contributed by atoms with Crippen LogP contribution in [0.15, 0.2) is 30.4 Å². The molecule has 3 aliphatic carbocycles. The predicted molar refractivity (Wildman–Crippen MR) is 101 cm³/mol. The van der Waals surface area contributed by atoms with Gasteiger partial charge in [0.25, 0.3) is 0 Å². The van der Waals surface area contributed by atoms with Crippen molar-refractivity contribution in [2.75, 3.05) is 7.11 Å². The highest BCUT2D eigenvalue weighted by molar-refractivity contribution is 5.60.